The van der Waals surface area contributed by atoms with Crippen molar-refractivity contribution in [1.29, 1.82) is 0 Å². The van der Waals surface area contributed by atoms with Gasteiger partial charge >= 0.3 is 5.97 Å². The molecule has 1 aliphatic rings. The molecule has 1 aliphatic heterocycles. The molecular weight excluding hydrogens is 364 g/mol. The van der Waals surface area contributed by atoms with Crippen LogP contribution in [0.15, 0.2) is 18.2 Å². The van der Waals surface area contributed by atoms with Gasteiger partial charge in [0.15, 0.2) is 0 Å². The Morgan fingerprint density at radius 3 is 2.54 bits per heavy atom. The molecule has 0 saturated carbocycles. The molecule has 1 heterocycles. The zero-order valence-corrected chi connectivity index (χ0v) is 16.8. The number of rotatable bonds is 9. The molecule has 0 aromatic heterocycles. The second-order valence-corrected chi connectivity index (χ2v) is 7.99. The van der Waals surface area contributed by atoms with Gasteiger partial charge in [0.05, 0.1) is 16.9 Å². The number of nitro groups is 1. The first-order chi connectivity index (χ1) is 13.1. The summed E-state index contributed by atoms with van der Waals surface area (Å²) in [5, 5.41) is 31.3. The Morgan fingerprint density at radius 2 is 2.04 bits per heavy atom. The molecule has 0 amide bonds. The number of carboxylic acids is 1. The lowest BCUT2D eigenvalue weighted by molar-refractivity contribution is -0.384. The van der Waals surface area contributed by atoms with E-state index >= 15 is 0 Å². The highest BCUT2D eigenvalue weighted by Gasteiger charge is 2.31. The van der Waals surface area contributed by atoms with Gasteiger partial charge < -0.3 is 19.8 Å². The summed E-state index contributed by atoms with van der Waals surface area (Å²) in [5.74, 6) is -1.21. The van der Waals surface area contributed by atoms with Crippen LogP contribution in [0.5, 0.6) is 0 Å². The largest absolute Gasteiger partial charge is 0.481 e. The van der Waals surface area contributed by atoms with Crippen molar-refractivity contribution in [3.63, 3.8) is 0 Å². The predicted octanol–water partition coefficient (Wildman–Crippen LogP) is 3.32. The molecule has 0 aliphatic carbocycles. The Balaban J connectivity index is 2.46. The molecule has 28 heavy (non-hydrogen) atoms. The van der Waals surface area contributed by atoms with Gasteiger partial charge in [0.25, 0.3) is 5.69 Å². The molecule has 2 rings (SSSR count). The van der Waals surface area contributed by atoms with E-state index in [-0.39, 0.29) is 30.6 Å². The van der Waals surface area contributed by atoms with E-state index in [4.69, 9.17) is 9.84 Å². The first-order valence-electron chi connectivity index (χ1n) is 9.69. The van der Waals surface area contributed by atoms with E-state index in [1.54, 1.807) is 26.0 Å². The fourth-order valence-corrected chi connectivity index (χ4v) is 3.72. The first-order valence-corrected chi connectivity index (χ1v) is 9.69. The van der Waals surface area contributed by atoms with Gasteiger partial charge in [-0.25, -0.2) is 0 Å². The summed E-state index contributed by atoms with van der Waals surface area (Å²) >= 11 is 0. The van der Waals surface area contributed by atoms with Crippen LogP contribution in [0.3, 0.4) is 0 Å². The van der Waals surface area contributed by atoms with Crippen molar-refractivity contribution in [2.24, 2.45) is 0 Å². The van der Waals surface area contributed by atoms with Crippen LogP contribution < -0.4 is 4.90 Å². The molecule has 1 atom stereocenters. The predicted molar refractivity (Wildman–Crippen MR) is 106 cm³/mol. The van der Waals surface area contributed by atoms with Gasteiger partial charge in [-0.05, 0) is 50.7 Å². The smallest absolute Gasteiger partial charge is 0.303 e. The van der Waals surface area contributed by atoms with Gasteiger partial charge in [0.1, 0.15) is 5.69 Å². The van der Waals surface area contributed by atoms with Gasteiger partial charge in [0, 0.05) is 31.9 Å². The molecule has 1 unspecified atom stereocenters. The lowest BCUT2D eigenvalue weighted by Gasteiger charge is -2.39. The lowest BCUT2D eigenvalue weighted by atomic mass is 9.92. The summed E-state index contributed by atoms with van der Waals surface area (Å²) in [7, 11) is 0. The maximum Gasteiger partial charge on any atom is 0.303 e. The molecule has 2 N–H and O–H groups in total. The van der Waals surface area contributed by atoms with Crippen molar-refractivity contribution in [1.82, 2.24) is 0 Å². The van der Waals surface area contributed by atoms with E-state index in [1.165, 1.54) is 6.07 Å². The Kier molecular flexibility index (Phi) is 7.37. The summed E-state index contributed by atoms with van der Waals surface area (Å²) in [6.45, 7) is 6.64. The lowest BCUT2D eigenvalue weighted by Crippen LogP contribution is -2.47. The summed E-state index contributed by atoms with van der Waals surface area (Å²) in [6.07, 6.45) is 1.97. The fourth-order valence-electron chi connectivity index (χ4n) is 3.72. The molecule has 0 spiro atoms. The minimum Gasteiger partial charge on any atom is -0.481 e. The quantitative estimate of drug-likeness (QED) is 0.488. The highest BCUT2D eigenvalue weighted by molar-refractivity contribution is 5.69. The zero-order chi connectivity index (χ0) is 20.9. The Labute approximate surface area is 165 Å². The normalized spacial score (nSPS) is 16.6. The molecule has 156 valence electrons. The number of hydrogen-bond donors (Lipinski definition) is 2. The maximum absolute atomic E-state index is 11.8. The third kappa shape index (κ3) is 5.90. The summed E-state index contributed by atoms with van der Waals surface area (Å²) in [4.78, 5) is 24.4. The Morgan fingerprint density at radius 1 is 1.39 bits per heavy atom. The minimum atomic E-state index is -1.03. The molecule has 1 aromatic rings. The number of aliphatic hydroxyl groups is 1. The number of nitrogens with zero attached hydrogens (tertiary/aromatic N) is 2. The van der Waals surface area contributed by atoms with Crippen LogP contribution in [0, 0.1) is 10.1 Å². The van der Waals surface area contributed by atoms with Crippen LogP contribution in [-0.4, -0.2) is 52.5 Å². The molecule has 1 fully saturated rings. The molecule has 8 nitrogen and oxygen atoms in total. The second kappa shape index (κ2) is 9.34. The average molecular weight is 394 g/mol. The summed E-state index contributed by atoms with van der Waals surface area (Å²) < 4.78 is 5.42. The topological polar surface area (TPSA) is 113 Å². The van der Waals surface area contributed by atoms with Crippen molar-refractivity contribution in [3.8, 4) is 0 Å². The van der Waals surface area contributed by atoms with Crippen LogP contribution in [0.1, 0.15) is 57.9 Å². The summed E-state index contributed by atoms with van der Waals surface area (Å²) in [5.41, 5.74) is 0.0145. The van der Waals surface area contributed by atoms with Crippen molar-refractivity contribution < 1.29 is 24.7 Å². The van der Waals surface area contributed by atoms with Crippen LogP contribution in [0.25, 0.3) is 0 Å². The second-order valence-electron chi connectivity index (χ2n) is 7.99. The minimum absolute atomic E-state index is 0.0331. The Hall–Kier alpha value is -2.19. The molecule has 1 saturated heterocycles. The van der Waals surface area contributed by atoms with E-state index < -0.39 is 16.5 Å². The standard InChI is InChI=1S/C20H30N2O6/c1-4-14(12-19(23)24)15-5-6-17(18(11-15)22(26)27)21(13-20(2,3)25)16-7-9-28-10-8-16/h5-6,11,14,16,25H,4,7-10,12-13H2,1-3H3,(H,23,24). The van der Waals surface area contributed by atoms with Gasteiger partial charge in [-0.1, -0.05) is 13.0 Å². The average Bonchev–Trinajstić information content (AvgIpc) is 2.63. The molecular formula is C20H30N2O6. The van der Waals surface area contributed by atoms with Gasteiger partial charge in [-0.15, -0.1) is 0 Å². The SMILES string of the molecule is CCC(CC(=O)O)c1ccc(N(CC(C)(C)O)C2CCOCC2)c([N+](=O)[O-])c1. The number of carboxylic acid groups (broad SMARTS) is 1. The van der Waals surface area contributed by atoms with Gasteiger partial charge in [0.2, 0.25) is 0 Å². The van der Waals surface area contributed by atoms with Crippen molar-refractivity contribution >= 4 is 17.3 Å². The van der Waals surface area contributed by atoms with E-state index in [2.05, 4.69) is 0 Å². The highest BCUT2D eigenvalue weighted by Crippen LogP contribution is 2.36. The molecule has 8 heteroatoms. The van der Waals surface area contributed by atoms with E-state index in [1.807, 2.05) is 11.8 Å². The number of ether oxygens (including phenoxy) is 1. The first kappa shape index (κ1) is 22.1. The number of nitro benzene ring substituents is 1. The highest BCUT2D eigenvalue weighted by atomic mass is 16.6. The number of carbonyl (C=O) groups is 1. The van der Waals surface area contributed by atoms with Crippen LogP contribution in [-0.2, 0) is 9.53 Å². The third-order valence-corrected chi connectivity index (χ3v) is 5.08. The van der Waals surface area contributed by atoms with Crippen molar-refractivity contribution in [2.75, 3.05) is 24.7 Å². The van der Waals surface area contributed by atoms with Gasteiger partial charge in [-0.3, -0.25) is 14.9 Å². The number of hydrogen-bond acceptors (Lipinski definition) is 6. The van der Waals surface area contributed by atoms with Crippen molar-refractivity contribution in [2.45, 2.75) is 64.0 Å². The van der Waals surface area contributed by atoms with E-state index in [0.29, 0.717) is 30.9 Å². The monoisotopic (exact) mass is 394 g/mol. The number of aliphatic carboxylic acids is 1. The van der Waals surface area contributed by atoms with Crippen LogP contribution in [0.2, 0.25) is 0 Å². The Bertz CT molecular complexity index is 694. The van der Waals surface area contributed by atoms with Crippen LogP contribution in [0.4, 0.5) is 11.4 Å². The zero-order valence-electron chi connectivity index (χ0n) is 16.8. The maximum atomic E-state index is 11.8. The van der Waals surface area contributed by atoms with Crippen LogP contribution >= 0.6 is 0 Å². The fraction of sp³-hybridized carbons (Fsp3) is 0.650. The van der Waals surface area contributed by atoms with E-state index in [0.717, 1.165) is 12.8 Å². The third-order valence-electron chi connectivity index (χ3n) is 5.08. The number of anilines is 1. The van der Waals surface area contributed by atoms with E-state index in [9.17, 15) is 20.0 Å². The molecule has 0 radical (unpaired) electrons. The number of benzene rings is 1. The van der Waals surface area contributed by atoms with Gasteiger partial charge in [-0.2, -0.15) is 0 Å². The van der Waals surface area contributed by atoms with Crippen molar-refractivity contribution in [3.05, 3.63) is 33.9 Å². The molecule has 0 bridgehead atoms. The summed E-state index contributed by atoms with van der Waals surface area (Å²) in [6, 6.07) is 4.99. The molecule has 1 aromatic carbocycles.